The number of aryl methyl sites for hydroxylation is 1. The van der Waals surface area contributed by atoms with Gasteiger partial charge in [0.1, 0.15) is 0 Å². The Morgan fingerprint density at radius 3 is 1.70 bits per heavy atom. The molecule has 0 bridgehead atoms. The van der Waals surface area contributed by atoms with Crippen LogP contribution in [0.1, 0.15) is 39.3 Å². The lowest BCUT2D eigenvalue weighted by Crippen LogP contribution is -2.04. The molecule has 1 aromatic heterocycles. The second-order valence-corrected chi connectivity index (χ2v) is 17.1. The maximum absolute atomic E-state index is 2.42. The Balaban J connectivity index is 0.988. The highest BCUT2D eigenvalue weighted by atomic mass is 32.1. The Morgan fingerprint density at radius 1 is 0.383 bits per heavy atom. The number of benzene rings is 10. The summed E-state index contributed by atoms with van der Waals surface area (Å²) in [5, 5.41) is 7.79. The third-order valence-corrected chi connectivity index (χ3v) is 13.7. The molecule has 11 aromatic rings. The Morgan fingerprint density at radius 2 is 0.950 bits per heavy atom. The summed E-state index contributed by atoms with van der Waals surface area (Å²) >= 11 is 1.87. The van der Waals surface area contributed by atoms with Crippen molar-refractivity contribution in [3.05, 3.63) is 252 Å². The molecule has 0 aliphatic rings. The van der Waals surface area contributed by atoms with Crippen LogP contribution in [0.15, 0.2) is 218 Å². The van der Waals surface area contributed by atoms with Crippen molar-refractivity contribution in [1.82, 2.24) is 0 Å². The van der Waals surface area contributed by atoms with E-state index in [9.17, 15) is 0 Å². The van der Waals surface area contributed by atoms with Gasteiger partial charge < -0.3 is 0 Å². The first-order valence-corrected chi connectivity index (χ1v) is 21.7. The standard InChI is InChI=1S/C59H42S/c1-39-50-17-7-5-15-44(50)32-34-51(39)55-37-47(30-31-49(55)36-40-12-3-2-4-13-40)41-22-26-45(27-23-41)59(54-20-11-16-43-14-6-8-18-52(43)54)46-28-24-42(25-29-46)48-33-35-58-56(38-48)53-19-9-10-21-57(53)60-58/h2-35,37-38,59H,36H2,1H3. The van der Waals surface area contributed by atoms with Crippen LogP contribution in [0.4, 0.5) is 0 Å². The summed E-state index contributed by atoms with van der Waals surface area (Å²) in [6.45, 7) is 2.27. The third kappa shape index (κ3) is 6.58. The normalized spacial score (nSPS) is 12.1. The molecule has 0 amide bonds. The van der Waals surface area contributed by atoms with E-state index in [2.05, 4.69) is 225 Å². The summed E-state index contributed by atoms with van der Waals surface area (Å²) in [5.41, 5.74) is 15.4. The zero-order valence-corrected chi connectivity index (χ0v) is 34.3. The van der Waals surface area contributed by atoms with Gasteiger partial charge in [0.15, 0.2) is 0 Å². The van der Waals surface area contributed by atoms with Gasteiger partial charge in [0.05, 0.1) is 0 Å². The van der Waals surface area contributed by atoms with E-state index in [1.807, 2.05) is 11.3 Å². The molecule has 0 saturated carbocycles. The quantitative estimate of drug-likeness (QED) is 0.135. The van der Waals surface area contributed by atoms with Gasteiger partial charge in [-0.2, -0.15) is 0 Å². The summed E-state index contributed by atoms with van der Waals surface area (Å²) in [6.07, 6.45) is 0.882. The van der Waals surface area contributed by atoms with Gasteiger partial charge in [-0.05, 0) is 126 Å². The van der Waals surface area contributed by atoms with E-state index in [1.165, 1.54) is 108 Å². The molecular formula is C59H42S. The van der Waals surface area contributed by atoms with Crippen LogP contribution in [0.5, 0.6) is 0 Å². The molecule has 1 unspecified atom stereocenters. The molecule has 0 radical (unpaired) electrons. The summed E-state index contributed by atoms with van der Waals surface area (Å²) in [7, 11) is 0. The molecule has 10 aromatic carbocycles. The van der Waals surface area contributed by atoms with Crippen molar-refractivity contribution in [2.24, 2.45) is 0 Å². The summed E-state index contributed by atoms with van der Waals surface area (Å²) in [5.74, 6) is 0.0616. The second-order valence-electron chi connectivity index (χ2n) is 16.0. The van der Waals surface area contributed by atoms with E-state index in [0.717, 1.165) is 6.42 Å². The van der Waals surface area contributed by atoms with Crippen molar-refractivity contribution in [3.8, 4) is 33.4 Å². The van der Waals surface area contributed by atoms with Gasteiger partial charge in [0.2, 0.25) is 0 Å². The third-order valence-electron chi connectivity index (χ3n) is 12.5. The highest BCUT2D eigenvalue weighted by Gasteiger charge is 2.20. The minimum Gasteiger partial charge on any atom is -0.135 e. The number of rotatable bonds is 8. The lowest BCUT2D eigenvalue weighted by Gasteiger charge is -2.22. The lowest BCUT2D eigenvalue weighted by atomic mass is 9.81. The predicted octanol–water partition coefficient (Wildman–Crippen LogP) is 16.4. The molecule has 1 heterocycles. The van der Waals surface area contributed by atoms with Crippen LogP contribution in [0.25, 0.3) is 75.1 Å². The average molecular weight is 783 g/mol. The molecule has 284 valence electrons. The predicted molar refractivity (Wildman–Crippen MR) is 258 cm³/mol. The van der Waals surface area contributed by atoms with Crippen LogP contribution >= 0.6 is 11.3 Å². The van der Waals surface area contributed by atoms with Crippen molar-refractivity contribution in [3.63, 3.8) is 0 Å². The number of hydrogen-bond donors (Lipinski definition) is 0. The Hall–Kier alpha value is -7.06. The van der Waals surface area contributed by atoms with Crippen molar-refractivity contribution < 1.29 is 0 Å². The number of fused-ring (bicyclic) bond motifs is 5. The van der Waals surface area contributed by atoms with Crippen molar-refractivity contribution in [2.45, 2.75) is 19.3 Å². The van der Waals surface area contributed by atoms with Gasteiger partial charge in [-0.15, -0.1) is 11.3 Å². The van der Waals surface area contributed by atoms with Crippen molar-refractivity contribution >= 4 is 53.1 Å². The van der Waals surface area contributed by atoms with E-state index in [0.29, 0.717) is 0 Å². The van der Waals surface area contributed by atoms with Crippen LogP contribution < -0.4 is 0 Å². The fourth-order valence-corrected chi connectivity index (χ4v) is 10.5. The van der Waals surface area contributed by atoms with Gasteiger partial charge in [-0.25, -0.2) is 0 Å². The van der Waals surface area contributed by atoms with Crippen molar-refractivity contribution in [1.29, 1.82) is 0 Å². The van der Waals surface area contributed by atoms with Gasteiger partial charge in [-0.3, -0.25) is 0 Å². The first-order valence-electron chi connectivity index (χ1n) is 20.9. The summed E-state index contributed by atoms with van der Waals surface area (Å²) in [4.78, 5) is 0. The molecule has 11 rings (SSSR count). The average Bonchev–Trinajstić information content (AvgIpc) is 3.69. The SMILES string of the molecule is Cc1c(-c2cc(-c3ccc(C(c4ccc(-c5ccc6sc7ccccc7c6c5)cc4)c4cccc5ccccc45)cc3)ccc2Cc2ccccc2)ccc2ccccc12. The Bertz CT molecular complexity index is 3330. The van der Waals surface area contributed by atoms with E-state index in [-0.39, 0.29) is 5.92 Å². The lowest BCUT2D eigenvalue weighted by molar-refractivity contribution is 0.990. The molecule has 0 N–H and O–H groups in total. The molecule has 0 nitrogen and oxygen atoms in total. The Kier molecular flexibility index (Phi) is 9.18. The van der Waals surface area contributed by atoms with Gasteiger partial charge in [0.25, 0.3) is 0 Å². The summed E-state index contributed by atoms with van der Waals surface area (Å²) in [6, 6.07) is 81.1. The molecule has 60 heavy (non-hydrogen) atoms. The molecule has 0 spiro atoms. The zero-order valence-electron chi connectivity index (χ0n) is 33.5. The van der Waals surface area contributed by atoms with Gasteiger partial charge in [0, 0.05) is 26.1 Å². The summed E-state index contributed by atoms with van der Waals surface area (Å²) < 4.78 is 2.67. The molecular weight excluding hydrogens is 741 g/mol. The van der Waals surface area contributed by atoms with Gasteiger partial charge >= 0.3 is 0 Å². The van der Waals surface area contributed by atoms with Crippen LogP contribution in [0.3, 0.4) is 0 Å². The van der Waals surface area contributed by atoms with Crippen LogP contribution in [0, 0.1) is 6.92 Å². The van der Waals surface area contributed by atoms with Crippen LogP contribution in [-0.2, 0) is 6.42 Å². The minimum atomic E-state index is 0.0616. The second kappa shape index (κ2) is 15.3. The topological polar surface area (TPSA) is 0 Å². The molecule has 0 saturated heterocycles. The van der Waals surface area contributed by atoms with Crippen LogP contribution in [0.2, 0.25) is 0 Å². The van der Waals surface area contributed by atoms with Gasteiger partial charge in [-0.1, -0.05) is 194 Å². The number of hydrogen-bond acceptors (Lipinski definition) is 1. The highest BCUT2D eigenvalue weighted by Crippen LogP contribution is 2.41. The monoisotopic (exact) mass is 782 g/mol. The molecule has 0 aliphatic heterocycles. The maximum atomic E-state index is 2.42. The van der Waals surface area contributed by atoms with Crippen molar-refractivity contribution in [2.75, 3.05) is 0 Å². The maximum Gasteiger partial charge on any atom is 0.0355 e. The zero-order chi connectivity index (χ0) is 40.0. The number of thiophene rings is 1. The minimum absolute atomic E-state index is 0.0616. The van der Waals surface area contributed by atoms with Crippen LogP contribution in [-0.4, -0.2) is 0 Å². The van der Waals surface area contributed by atoms with E-state index >= 15 is 0 Å². The first kappa shape index (κ1) is 36.1. The Labute approximate surface area is 355 Å². The smallest absolute Gasteiger partial charge is 0.0355 e. The van der Waals surface area contributed by atoms with E-state index < -0.39 is 0 Å². The molecule has 0 fully saturated rings. The molecule has 1 heteroatoms. The molecule has 0 aliphatic carbocycles. The first-order chi connectivity index (χ1) is 29.6. The highest BCUT2D eigenvalue weighted by molar-refractivity contribution is 7.25. The fourth-order valence-electron chi connectivity index (χ4n) is 9.39. The largest absolute Gasteiger partial charge is 0.135 e. The fraction of sp³-hybridized carbons (Fsp3) is 0.0508. The molecule has 1 atom stereocenters. The van der Waals surface area contributed by atoms with E-state index in [1.54, 1.807) is 0 Å². The van der Waals surface area contributed by atoms with E-state index in [4.69, 9.17) is 0 Å².